The lowest BCUT2D eigenvalue weighted by atomic mass is 9.96. The first-order valence-corrected chi connectivity index (χ1v) is 11.1. The Hall–Kier alpha value is -3.08. The number of carbonyl (C=O) groups is 1. The monoisotopic (exact) mass is 419 g/mol. The quantitative estimate of drug-likeness (QED) is 0.472. The maximum absolute atomic E-state index is 13.7. The van der Waals surface area contributed by atoms with E-state index in [1.807, 2.05) is 57.2 Å². The number of carbonyl (C=O) groups excluding carboxylic acids is 1. The van der Waals surface area contributed by atoms with Crippen molar-refractivity contribution in [3.05, 3.63) is 74.6 Å². The van der Waals surface area contributed by atoms with Crippen LogP contribution < -0.4 is 10.2 Å². The molecule has 5 nitrogen and oxygen atoms in total. The zero-order valence-corrected chi connectivity index (χ0v) is 18.7. The highest BCUT2D eigenvalue weighted by molar-refractivity contribution is 5.99. The number of rotatable bonds is 7. The third-order valence-electron chi connectivity index (χ3n) is 5.92. The van der Waals surface area contributed by atoms with Gasteiger partial charge in [0.15, 0.2) is 5.43 Å². The number of hydrogen-bond donors (Lipinski definition) is 0. The van der Waals surface area contributed by atoms with Crippen LogP contribution in [-0.2, 0) is 0 Å². The summed E-state index contributed by atoms with van der Waals surface area (Å²) in [5, 5.41) is 0.559. The Labute approximate surface area is 182 Å². The van der Waals surface area contributed by atoms with E-state index in [-0.39, 0.29) is 17.1 Å². The number of amides is 1. The Morgan fingerprint density at radius 1 is 1.03 bits per heavy atom. The van der Waals surface area contributed by atoms with Crippen molar-refractivity contribution in [2.24, 2.45) is 0 Å². The van der Waals surface area contributed by atoms with Crippen molar-refractivity contribution in [3.8, 4) is 5.75 Å². The van der Waals surface area contributed by atoms with Gasteiger partial charge < -0.3 is 14.1 Å². The summed E-state index contributed by atoms with van der Waals surface area (Å²) < 4.78 is 11.7. The summed E-state index contributed by atoms with van der Waals surface area (Å²) in [7, 11) is 0. The topological polar surface area (TPSA) is 59.8 Å². The first-order valence-electron chi connectivity index (χ1n) is 11.1. The average molecular weight is 420 g/mol. The standard InChI is InChI=1S/C26H29NO4/c1-5-7-8-13-27-23(18-9-11-19(12-10-18)30-6-2)22-24(28)21-17(4)14-16(3)15-20(21)31-25(22)26(27)29/h9-12,14-15,23H,5-8,13H2,1-4H3. The predicted octanol–water partition coefficient (Wildman–Crippen LogP) is 5.54. The van der Waals surface area contributed by atoms with Crippen LogP contribution in [0.2, 0.25) is 0 Å². The molecule has 1 aliphatic rings. The molecule has 0 saturated carbocycles. The zero-order valence-electron chi connectivity index (χ0n) is 18.7. The molecule has 2 heterocycles. The molecule has 31 heavy (non-hydrogen) atoms. The third kappa shape index (κ3) is 3.73. The molecule has 0 spiro atoms. The lowest BCUT2D eigenvalue weighted by molar-refractivity contribution is 0.0724. The van der Waals surface area contributed by atoms with E-state index in [4.69, 9.17) is 9.15 Å². The lowest BCUT2D eigenvalue weighted by Crippen LogP contribution is -2.30. The molecule has 0 N–H and O–H groups in total. The molecular formula is C26H29NO4. The number of benzene rings is 2. The maximum atomic E-state index is 13.7. The molecule has 4 rings (SSSR count). The van der Waals surface area contributed by atoms with Gasteiger partial charge in [-0.25, -0.2) is 0 Å². The molecule has 1 amide bonds. The highest BCUT2D eigenvalue weighted by atomic mass is 16.5. The summed E-state index contributed by atoms with van der Waals surface area (Å²) in [6.45, 7) is 9.12. The van der Waals surface area contributed by atoms with Gasteiger partial charge in [-0.1, -0.05) is 38.0 Å². The molecule has 162 valence electrons. The van der Waals surface area contributed by atoms with E-state index in [2.05, 4.69) is 6.92 Å². The molecule has 0 aliphatic carbocycles. The number of nitrogens with zero attached hydrogens (tertiary/aromatic N) is 1. The Morgan fingerprint density at radius 3 is 2.45 bits per heavy atom. The Morgan fingerprint density at radius 2 is 1.77 bits per heavy atom. The van der Waals surface area contributed by atoms with Gasteiger partial charge in [0, 0.05) is 6.54 Å². The smallest absolute Gasteiger partial charge is 0.290 e. The molecule has 0 bridgehead atoms. The van der Waals surface area contributed by atoms with Crippen molar-refractivity contribution in [1.29, 1.82) is 0 Å². The second-order valence-corrected chi connectivity index (χ2v) is 8.24. The third-order valence-corrected chi connectivity index (χ3v) is 5.92. The molecule has 1 aliphatic heterocycles. The van der Waals surface area contributed by atoms with Crippen LogP contribution in [0.1, 0.15) is 72.0 Å². The van der Waals surface area contributed by atoms with Crippen molar-refractivity contribution < 1.29 is 13.9 Å². The summed E-state index contributed by atoms with van der Waals surface area (Å²) in [6.07, 6.45) is 2.97. The number of fused-ring (bicyclic) bond motifs is 2. The van der Waals surface area contributed by atoms with Gasteiger partial charge >= 0.3 is 0 Å². The van der Waals surface area contributed by atoms with Crippen LogP contribution in [0.4, 0.5) is 0 Å². The molecule has 5 heteroatoms. The Balaban J connectivity index is 1.89. The van der Waals surface area contributed by atoms with Gasteiger partial charge in [-0.15, -0.1) is 0 Å². The van der Waals surface area contributed by atoms with Crippen molar-refractivity contribution in [1.82, 2.24) is 4.90 Å². The summed E-state index contributed by atoms with van der Waals surface area (Å²) in [4.78, 5) is 28.8. The van der Waals surface area contributed by atoms with Crippen LogP contribution in [0.15, 0.2) is 45.6 Å². The molecule has 0 fully saturated rings. The highest BCUT2D eigenvalue weighted by Crippen LogP contribution is 2.39. The van der Waals surface area contributed by atoms with Crippen LogP contribution in [0.25, 0.3) is 11.0 Å². The molecule has 0 saturated heterocycles. The zero-order chi connectivity index (χ0) is 22.1. The van der Waals surface area contributed by atoms with Crippen LogP contribution in [0, 0.1) is 13.8 Å². The van der Waals surface area contributed by atoms with Gasteiger partial charge in [0.25, 0.3) is 5.91 Å². The molecule has 0 radical (unpaired) electrons. The van der Waals surface area contributed by atoms with Crippen LogP contribution in [-0.4, -0.2) is 24.0 Å². The van der Waals surface area contributed by atoms with Crippen molar-refractivity contribution in [2.75, 3.05) is 13.2 Å². The predicted molar refractivity (Wildman–Crippen MR) is 122 cm³/mol. The van der Waals surface area contributed by atoms with Crippen molar-refractivity contribution in [3.63, 3.8) is 0 Å². The lowest BCUT2D eigenvalue weighted by Gasteiger charge is -2.25. The second kappa shape index (κ2) is 8.58. The molecule has 1 atom stereocenters. The van der Waals surface area contributed by atoms with Gasteiger partial charge in [-0.2, -0.15) is 0 Å². The van der Waals surface area contributed by atoms with Crippen molar-refractivity contribution in [2.45, 2.75) is 53.0 Å². The molecule has 3 aromatic rings. The van der Waals surface area contributed by atoms with E-state index >= 15 is 0 Å². The number of ether oxygens (including phenoxy) is 1. The minimum absolute atomic E-state index is 0.112. The minimum atomic E-state index is -0.448. The van der Waals surface area contributed by atoms with Crippen LogP contribution in [0.3, 0.4) is 0 Å². The fourth-order valence-electron chi connectivity index (χ4n) is 4.54. The SMILES string of the molecule is CCCCCN1C(=O)c2oc3cc(C)cc(C)c3c(=O)c2C1c1ccc(OCC)cc1. The first-order chi connectivity index (χ1) is 15.0. The molecular weight excluding hydrogens is 390 g/mol. The van der Waals surface area contributed by atoms with E-state index in [0.717, 1.165) is 41.7 Å². The van der Waals surface area contributed by atoms with E-state index in [0.29, 0.717) is 29.7 Å². The number of hydrogen-bond acceptors (Lipinski definition) is 4. The molecule has 1 aromatic heterocycles. The van der Waals surface area contributed by atoms with E-state index < -0.39 is 6.04 Å². The van der Waals surface area contributed by atoms with Crippen molar-refractivity contribution >= 4 is 16.9 Å². The largest absolute Gasteiger partial charge is 0.494 e. The average Bonchev–Trinajstić information content (AvgIpc) is 3.01. The molecule has 1 unspecified atom stereocenters. The minimum Gasteiger partial charge on any atom is -0.494 e. The van der Waals surface area contributed by atoms with Gasteiger partial charge in [0.2, 0.25) is 5.76 Å². The Bertz CT molecular complexity index is 1180. The van der Waals surface area contributed by atoms with E-state index in [1.54, 1.807) is 4.90 Å². The summed E-state index contributed by atoms with van der Waals surface area (Å²) in [6, 6.07) is 11.0. The number of unbranched alkanes of at least 4 members (excludes halogenated alkanes) is 2. The van der Waals surface area contributed by atoms with Gasteiger partial charge in [-0.3, -0.25) is 9.59 Å². The summed E-state index contributed by atoms with van der Waals surface area (Å²) >= 11 is 0. The number of aryl methyl sites for hydroxylation is 2. The van der Waals surface area contributed by atoms with Gasteiger partial charge in [0.05, 0.1) is 23.6 Å². The maximum Gasteiger partial charge on any atom is 0.290 e. The summed E-state index contributed by atoms with van der Waals surface area (Å²) in [5.41, 5.74) is 3.58. The van der Waals surface area contributed by atoms with Gasteiger partial charge in [0.1, 0.15) is 11.3 Å². The second-order valence-electron chi connectivity index (χ2n) is 8.24. The Kier molecular flexibility index (Phi) is 5.86. The molecule has 2 aromatic carbocycles. The van der Waals surface area contributed by atoms with E-state index in [1.165, 1.54) is 0 Å². The summed E-state index contributed by atoms with van der Waals surface area (Å²) in [5.74, 6) is 0.742. The fourth-order valence-corrected chi connectivity index (χ4v) is 4.54. The fraction of sp³-hybridized carbons (Fsp3) is 0.385. The first kappa shape index (κ1) is 21.2. The van der Waals surface area contributed by atoms with Gasteiger partial charge in [-0.05, 0) is 62.1 Å². The van der Waals surface area contributed by atoms with Crippen LogP contribution >= 0.6 is 0 Å². The normalized spacial score (nSPS) is 15.5. The highest BCUT2D eigenvalue weighted by Gasteiger charge is 2.42. The van der Waals surface area contributed by atoms with Crippen LogP contribution in [0.5, 0.6) is 5.75 Å². The van der Waals surface area contributed by atoms with E-state index in [9.17, 15) is 9.59 Å².